The van der Waals surface area contributed by atoms with Gasteiger partial charge >= 0.3 is 155 Å². The van der Waals surface area contributed by atoms with E-state index >= 15 is 0 Å². The molecule has 0 saturated heterocycles. The Morgan fingerprint density at radius 1 is 1.23 bits per heavy atom. The number of phosphoric acid groups is 1. The van der Waals surface area contributed by atoms with E-state index in [4.69, 9.17) is 34.6 Å². The van der Waals surface area contributed by atoms with Gasteiger partial charge in [0.15, 0.2) is 0 Å². The van der Waals surface area contributed by atoms with Crippen LogP contribution < -0.4 is 142 Å². The predicted molar refractivity (Wildman–Crippen MR) is 28.2 cm³/mol. The maximum atomic E-state index is 8.66. The molecule has 0 aromatic rings. The van der Waals surface area contributed by atoms with Gasteiger partial charge in [-0.15, -0.1) is 0 Å². The summed E-state index contributed by atoms with van der Waals surface area (Å²) in [6, 6.07) is 0. The summed E-state index contributed by atoms with van der Waals surface area (Å²) < 4.78 is 8.66. The Morgan fingerprint density at radius 3 is 1.23 bits per heavy atom. The molecule has 0 fully saturated rings. The molecule has 0 heterocycles. The third-order valence-electron chi connectivity index (χ3n) is 0. The van der Waals surface area contributed by atoms with Crippen molar-refractivity contribution in [3.63, 3.8) is 0 Å². The summed E-state index contributed by atoms with van der Waals surface area (Å²) in [5, 5.41) is 14.8. The van der Waals surface area contributed by atoms with Crippen molar-refractivity contribution in [1.82, 2.24) is 0 Å². The van der Waals surface area contributed by atoms with Crippen LogP contribution in [0.3, 0.4) is 0 Å². The van der Waals surface area contributed by atoms with Crippen LogP contribution in [0.25, 0.3) is 0 Å². The fourth-order valence-corrected chi connectivity index (χ4v) is 0. The third kappa shape index (κ3) is 178. The van der Waals surface area contributed by atoms with Crippen LogP contribution in [0.15, 0.2) is 0 Å². The molecule has 60 valence electrons. The zero-order chi connectivity index (χ0) is 8.08. The first-order valence-electron chi connectivity index (χ1n) is 1.30. The molecule has 1 N–H and O–H groups in total. The monoisotopic (exact) mass is 285 g/mol. The summed E-state index contributed by atoms with van der Waals surface area (Å²) in [7, 11) is -5.14. The Morgan fingerprint density at radius 2 is 1.23 bits per heavy atom. The fourth-order valence-electron chi connectivity index (χ4n) is 0. The zero-order valence-corrected chi connectivity index (χ0v) is 18.1. The Hall–Kier alpha value is 4.35. The number of nitrogens with zero attached hydrogens (tertiary/aromatic N) is 1. The zero-order valence-electron chi connectivity index (χ0n) is 9.50. The molecular formula is H3K2MgNNaO7P. The third-order valence-corrected chi connectivity index (χ3v) is 0. The summed E-state index contributed by atoms with van der Waals surface area (Å²) in [4.78, 5) is 32.5. The van der Waals surface area contributed by atoms with Crippen molar-refractivity contribution in [2.24, 2.45) is 0 Å². The maximum Gasteiger partial charge on any atom is 2.00 e. The van der Waals surface area contributed by atoms with Gasteiger partial charge in [-0.05, 0) is 0 Å². The largest absolute Gasteiger partial charge is 2.00 e. The van der Waals surface area contributed by atoms with Crippen molar-refractivity contribution >= 4 is 30.9 Å². The molecule has 0 unspecified atom stereocenters. The van der Waals surface area contributed by atoms with Crippen LogP contribution in [-0.4, -0.2) is 33.0 Å². The second-order valence-electron chi connectivity index (χ2n) is 0.692. The van der Waals surface area contributed by atoms with Crippen LogP contribution in [-0.2, 0) is 4.57 Å². The van der Waals surface area contributed by atoms with E-state index in [9.17, 15) is 0 Å². The van der Waals surface area contributed by atoms with Crippen LogP contribution in [0, 0.1) is 15.3 Å². The number of rotatable bonds is 0. The van der Waals surface area contributed by atoms with Crippen molar-refractivity contribution in [1.29, 1.82) is 0 Å². The van der Waals surface area contributed by atoms with Crippen molar-refractivity contribution in [3.05, 3.63) is 15.3 Å². The Balaban J connectivity index is -0.00000000785. The normalized spacial score (nSPS) is 6.38. The van der Waals surface area contributed by atoms with Gasteiger partial charge in [-0.3, -0.25) is 0 Å². The van der Waals surface area contributed by atoms with E-state index in [0.29, 0.717) is 0 Å². The molecule has 8 nitrogen and oxygen atoms in total. The molecule has 0 aromatic heterocycles. The van der Waals surface area contributed by atoms with Gasteiger partial charge in [-0.1, -0.05) is 0 Å². The summed E-state index contributed by atoms with van der Waals surface area (Å²) in [5.41, 5.74) is 0. The second kappa shape index (κ2) is 21.6. The van der Waals surface area contributed by atoms with Crippen molar-refractivity contribution < 1.29 is 160 Å². The van der Waals surface area contributed by atoms with Gasteiger partial charge < -0.3 is 37.4 Å². The van der Waals surface area contributed by atoms with Crippen LogP contribution in [0.2, 0.25) is 0 Å². The molecule has 0 radical (unpaired) electrons. The standard InChI is InChI=1S/2K.Mg.NO3.Na.H3O4P.2H/c;;;2-1(3)4;;1-5(2,3)4;;/h;;;;;(H3,1,2,3,4);;/q2*+1;+2;-1;+1;;2*-1/p-2. The van der Waals surface area contributed by atoms with Crippen LogP contribution in [0.1, 0.15) is 2.85 Å². The van der Waals surface area contributed by atoms with Crippen LogP contribution in [0.4, 0.5) is 0 Å². The Labute approximate surface area is 200 Å². The second-order valence-corrected chi connectivity index (χ2v) is 1.63. The first-order valence-corrected chi connectivity index (χ1v) is 2.79. The average molecular weight is 285 g/mol. The maximum absolute atomic E-state index is 8.66. The van der Waals surface area contributed by atoms with E-state index in [1.54, 1.807) is 0 Å². The molecular weight excluding hydrogens is 282 g/mol. The fraction of sp³-hybridized carbons (Fsp3) is 0. The molecule has 0 amide bonds. The van der Waals surface area contributed by atoms with Crippen LogP contribution in [0.5, 0.6) is 0 Å². The molecule has 0 aliphatic rings. The van der Waals surface area contributed by atoms with Gasteiger partial charge in [0.05, 0.1) is 12.9 Å². The van der Waals surface area contributed by atoms with Crippen molar-refractivity contribution in [2.75, 3.05) is 0 Å². The number of hydrogen-bond acceptors (Lipinski definition) is 6. The molecule has 13 heavy (non-hydrogen) atoms. The Kier molecular flexibility index (Phi) is 59.9. The molecule has 0 bridgehead atoms. The van der Waals surface area contributed by atoms with Gasteiger partial charge in [0, 0.05) is 0 Å². The minimum Gasteiger partial charge on any atom is -1.00 e. The molecule has 0 aliphatic carbocycles. The van der Waals surface area contributed by atoms with Crippen LogP contribution >= 0.6 is 7.82 Å². The van der Waals surface area contributed by atoms with Crippen molar-refractivity contribution in [2.45, 2.75) is 0 Å². The first-order chi connectivity index (χ1) is 3.73. The van der Waals surface area contributed by atoms with E-state index in [2.05, 4.69) is 0 Å². The minimum absolute atomic E-state index is 0. The number of hydrogen-bond donors (Lipinski definition) is 1. The summed E-state index contributed by atoms with van der Waals surface area (Å²) in [5.74, 6) is 0. The van der Waals surface area contributed by atoms with E-state index in [1.807, 2.05) is 0 Å². The quantitative estimate of drug-likeness (QED) is 0.201. The van der Waals surface area contributed by atoms with E-state index in [0.717, 1.165) is 0 Å². The molecule has 0 aromatic carbocycles. The Bertz CT molecular complexity index is 135. The van der Waals surface area contributed by atoms with Gasteiger partial charge in [0.25, 0.3) is 0 Å². The first kappa shape index (κ1) is 36.0. The van der Waals surface area contributed by atoms with E-state index in [-0.39, 0.29) is 158 Å². The molecule has 13 heteroatoms. The molecule has 0 aliphatic heterocycles. The average Bonchev–Trinajstić information content (AvgIpc) is 1.19. The summed E-state index contributed by atoms with van der Waals surface area (Å²) in [6.07, 6.45) is 0. The molecule has 0 atom stereocenters. The van der Waals surface area contributed by atoms with Gasteiger partial charge in [0.1, 0.15) is 0 Å². The van der Waals surface area contributed by atoms with Gasteiger partial charge in [0.2, 0.25) is 0 Å². The molecule has 0 rings (SSSR count). The van der Waals surface area contributed by atoms with E-state index in [1.165, 1.54) is 0 Å². The summed E-state index contributed by atoms with van der Waals surface area (Å²) >= 11 is 0. The van der Waals surface area contributed by atoms with Gasteiger partial charge in [-0.25, -0.2) is 0 Å². The SMILES string of the molecule is O=P([O-])([O-])O.O=[N+]([O-])[O-].[H-].[H-].[K+].[K+].[Mg+2].[Na+]. The predicted octanol–water partition coefficient (Wildman–Crippen LogP) is -11.6. The molecule has 0 saturated carbocycles. The topological polar surface area (TPSA) is 150 Å². The van der Waals surface area contributed by atoms with Crippen molar-refractivity contribution in [3.8, 4) is 0 Å². The minimum atomic E-state index is -5.14. The van der Waals surface area contributed by atoms with E-state index < -0.39 is 12.9 Å². The molecule has 0 spiro atoms. The summed E-state index contributed by atoms with van der Waals surface area (Å²) in [6.45, 7) is 0. The smallest absolute Gasteiger partial charge is 1.00 e. The van der Waals surface area contributed by atoms with Gasteiger partial charge in [-0.2, -0.15) is 0 Å².